The van der Waals surface area contributed by atoms with Crippen molar-refractivity contribution in [2.45, 2.75) is 33.2 Å². The minimum atomic E-state index is -0.221. The molecule has 0 radical (unpaired) electrons. The summed E-state index contributed by atoms with van der Waals surface area (Å²) < 4.78 is 5.20. The fourth-order valence-electron chi connectivity index (χ4n) is 3.11. The second kappa shape index (κ2) is 7.23. The Morgan fingerprint density at radius 1 is 1.16 bits per heavy atom. The Kier molecular flexibility index (Phi) is 5.04. The zero-order chi connectivity index (χ0) is 18.0. The average molecular weight is 354 g/mol. The van der Waals surface area contributed by atoms with Crippen LogP contribution in [0.15, 0.2) is 42.5 Å². The van der Waals surface area contributed by atoms with Crippen LogP contribution in [0.1, 0.15) is 36.1 Å². The van der Waals surface area contributed by atoms with Crippen LogP contribution in [0.4, 0.5) is 11.4 Å². The van der Waals surface area contributed by atoms with Crippen LogP contribution in [0.5, 0.6) is 0 Å². The van der Waals surface area contributed by atoms with Crippen LogP contribution in [0, 0.1) is 13.8 Å². The molecule has 4 nitrogen and oxygen atoms in total. The van der Waals surface area contributed by atoms with Gasteiger partial charge in [-0.05, 0) is 56.8 Å². The van der Waals surface area contributed by atoms with E-state index in [9.17, 15) is 4.79 Å². The van der Waals surface area contributed by atoms with Crippen LogP contribution >= 0.6 is 12.2 Å². The van der Waals surface area contributed by atoms with Gasteiger partial charge >= 0.3 is 5.97 Å². The van der Waals surface area contributed by atoms with Crippen molar-refractivity contribution in [2.24, 2.45) is 0 Å². The molecule has 0 fully saturated rings. The van der Waals surface area contributed by atoms with Gasteiger partial charge in [0, 0.05) is 11.4 Å². The number of anilines is 2. The van der Waals surface area contributed by atoms with Gasteiger partial charge in [-0.25, -0.2) is 0 Å². The van der Waals surface area contributed by atoms with E-state index in [4.69, 9.17) is 17.0 Å². The molecule has 0 saturated heterocycles. The average Bonchev–Trinajstić information content (AvgIpc) is 2.57. The van der Waals surface area contributed by atoms with E-state index in [0.29, 0.717) is 11.7 Å². The van der Waals surface area contributed by atoms with Crippen LogP contribution in [-0.2, 0) is 9.53 Å². The molecule has 0 bridgehead atoms. The van der Waals surface area contributed by atoms with Gasteiger partial charge in [-0.1, -0.05) is 35.4 Å². The normalized spacial score (nSPS) is 16.2. The van der Waals surface area contributed by atoms with Crippen molar-refractivity contribution in [3.05, 3.63) is 59.2 Å². The van der Waals surface area contributed by atoms with E-state index in [2.05, 4.69) is 11.4 Å². The van der Waals surface area contributed by atoms with E-state index < -0.39 is 0 Å². The molecule has 1 heterocycles. The van der Waals surface area contributed by atoms with Gasteiger partial charge < -0.3 is 15.0 Å². The van der Waals surface area contributed by atoms with Crippen LogP contribution in [0.25, 0.3) is 0 Å². The van der Waals surface area contributed by atoms with Crippen molar-refractivity contribution in [1.29, 1.82) is 0 Å². The predicted octanol–water partition coefficient (Wildman–Crippen LogP) is 4.51. The number of carbonyl (C=O) groups is 1. The number of hydrogen-bond donors (Lipinski definition) is 1. The van der Waals surface area contributed by atoms with Crippen molar-refractivity contribution < 1.29 is 9.53 Å². The van der Waals surface area contributed by atoms with Crippen molar-refractivity contribution in [3.8, 4) is 0 Å². The second-order valence-corrected chi connectivity index (χ2v) is 6.64. The fraction of sp³-hybridized carbons (Fsp3) is 0.300. The number of nitrogens with zero attached hydrogens (tertiary/aromatic N) is 1. The smallest absolute Gasteiger partial charge is 0.308 e. The molecule has 1 N–H and O–H groups in total. The highest BCUT2D eigenvalue weighted by molar-refractivity contribution is 7.80. The Labute approximate surface area is 153 Å². The topological polar surface area (TPSA) is 41.6 Å². The van der Waals surface area contributed by atoms with Gasteiger partial charge in [0.1, 0.15) is 0 Å². The Balaban J connectivity index is 2.06. The van der Waals surface area contributed by atoms with Gasteiger partial charge in [0.25, 0.3) is 0 Å². The lowest BCUT2D eigenvalue weighted by molar-refractivity contribution is -0.143. The standard InChI is InChI=1S/C20H22N2O2S/c1-4-24-19(23)12-18-16-11-14(3)7-10-17(16)21-20(25)22(18)15-8-5-13(2)6-9-15/h5-11,18H,4,12H2,1-3H3,(H,21,25). The molecule has 1 aliphatic rings. The monoisotopic (exact) mass is 354 g/mol. The number of thiocarbonyl (C=S) groups is 1. The minimum absolute atomic E-state index is 0.189. The Bertz CT molecular complexity index is 802. The molecular formula is C20H22N2O2S. The number of fused-ring (bicyclic) bond motifs is 1. The molecule has 130 valence electrons. The first kappa shape index (κ1) is 17.4. The molecule has 0 aliphatic carbocycles. The quantitative estimate of drug-likeness (QED) is 0.646. The van der Waals surface area contributed by atoms with E-state index in [1.165, 1.54) is 5.56 Å². The summed E-state index contributed by atoms with van der Waals surface area (Å²) in [5, 5.41) is 3.88. The van der Waals surface area contributed by atoms with Crippen LogP contribution in [0.2, 0.25) is 0 Å². The first-order chi connectivity index (χ1) is 12.0. The zero-order valence-electron chi connectivity index (χ0n) is 14.7. The first-order valence-corrected chi connectivity index (χ1v) is 8.83. The van der Waals surface area contributed by atoms with E-state index in [0.717, 1.165) is 22.5 Å². The molecule has 0 amide bonds. The maximum absolute atomic E-state index is 12.2. The maximum Gasteiger partial charge on any atom is 0.308 e. The van der Waals surface area contributed by atoms with Crippen molar-refractivity contribution >= 4 is 34.7 Å². The Morgan fingerprint density at radius 3 is 2.52 bits per heavy atom. The van der Waals surface area contributed by atoms with Crippen molar-refractivity contribution in [1.82, 2.24) is 0 Å². The van der Waals surface area contributed by atoms with Gasteiger partial charge in [-0.3, -0.25) is 4.79 Å². The highest BCUT2D eigenvalue weighted by Gasteiger charge is 2.33. The summed E-state index contributed by atoms with van der Waals surface area (Å²) in [5.74, 6) is -0.221. The SMILES string of the molecule is CCOC(=O)CC1c2cc(C)ccc2NC(=S)N1c1ccc(C)cc1. The number of esters is 1. The highest BCUT2D eigenvalue weighted by atomic mass is 32.1. The number of ether oxygens (including phenoxy) is 1. The van der Waals surface area contributed by atoms with Gasteiger partial charge in [0.15, 0.2) is 5.11 Å². The third-order valence-corrected chi connectivity index (χ3v) is 4.61. The molecule has 2 aromatic rings. The largest absolute Gasteiger partial charge is 0.466 e. The lowest BCUT2D eigenvalue weighted by Crippen LogP contribution is -2.43. The third-order valence-electron chi connectivity index (χ3n) is 4.32. The lowest BCUT2D eigenvalue weighted by Gasteiger charge is -2.39. The Hall–Kier alpha value is -2.40. The third kappa shape index (κ3) is 3.66. The van der Waals surface area contributed by atoms with E-state index >= 15 is 0 Å². The second-order valence-electron chi connectivity index (χ2n) is 6.25. The fourth-order valence-corrected chi connectivity index (χ4v) is 3.45. The van der Waals surface area contributed by atoms with E-state index in [-0.39, 0.29) is 18.4 Å². The molecule has 1 unspecified atom stereocenters. The molecule has 25 heavy (non-hydrogen) atoms. The van der Waals surface area contributed by atoms with E-state index in [1.54, 1.807) is 0 Å². The van der Waals surface area contributed by atoms with Gasteiger partial charge in [0.2, 0.25) is 0 Å². The molecule has 3 rings (SSSR count). The highest BCUT2D eigenvalue weighted by Crippen LogP contribution is 2.39. The molecule has 0 aromatic heterocycles. The summed E-state index contributed by atoms with van der Waals surface area (Å²) in [6.45, 7) is 6.29. The molecule has 1 aliphatic heterocycles. The van der Waals surface area contributed by atoms with Gasteiger partial charge in [-0.2, -0.15) is 0 Å². The van der Waals surface area contributed by atoms with E-state index in [1.807, 2.05) is 62.1 Å². The van der Waals surface area contributed by atoms with Gasteiger partial charge in [-0.15, -0.1) is 0 Å². The number of hydrogen-bond acceptors (Lipinski definition) is 3. The summed E-state index contributed by atoms with van der Waals surface area (Å²) in [6, 6.07) is 14.1. The molecule has 2 aromatic carbocycles. The van der Waals surface area contributed by atoms with Crippen LogP contribution in [-0.4, -0.2) is 17.7 Å². The molecular weight excluding hydrogens is 332 g/mol. The summed E-state index contributed by atoms with van der Waals surface area (Å²) in [4.78, 5) is 14.2. The number of carbonyl (C=O) groups excluding carboxylic acids is 1. The first-order valence-electron chi connectivity index (χ1n) is 8.42. The summed E-state index contributed by atoms with van der Waals surface area (Å²) in [6.07, 6.45) is 0.250. The number of rotatable bonds is 4. The zero-order valence-corrected chi connectivity index (χ0v) is 15.5. The van der Waals surface area contributed by atoms with Crippen LogP contribution < -0.4 is 10.2 Å². The Morgan fingerprint density at radius 2 is 1.84 bits per heavy atom. The minimum Gasteiger partial charge on any atom is -0.466 e. The predicted molar refractivity (Wildman–Crippen MR) is 105 cm³/mol. The molecule has 0 spiro atoms. The molecule has 1 atom stereocenters. The summed E-state index contributed by atoms with van der Waals surface area (Å²) in [5.41, 5.74) is 5.30. The van der Waals surface area contributed by atoms with Crippen molar-refractivity contribution in [2.75, 3.05) is 16.8 Å². The molecule has 0 saturated carbocycles. The molecule has 5 heteroatoms. The number of benzene rings is 2. The number of nitrogens with one attached hydrogen (secondary N) is 1. The summed E-state index contributed by atoms with van der Waals surface area (Å²) >= 11 is 5.61. The maximum atomic E-state index is 12.2. The lowest BCUT2D eigenvalue weighted by atomic mass is 9.95. The van der Waals surface area contributed by atoms with Crippen LogP contribution in [0.3, 0.4) is 0 Å². The van der Waals surface area contributed by atoms with Crippen molar-refractivity contribution in [3.63, 3.8) is 0 Å². The summed E-state index contributed by atoms with van der Waals surface area (Å²) in [7, 11) is 0. The number of aryl methyl sites for hydroxylation is 2. The van der Waals surface area contributed by atoms with Gasteiger partial charge in [0.05, 0.1) is 19.1 Å².